The molecular formula is C10H17NO4. The third-order valence-corrected chi connectivity index (χ3v) is 2.48. The maximum absolute atomic E-state index is 11.5. The Bertz CT molecular complexity index is 242. The Morgan fingerprint density at radius 1 is 1.47 bits per heavy atom. The lowest BCUT2D eigenvalue weighted by Gasteiger charge is -2.21. The quantitative estimate of drug-likeness (QED) is 0.626. The third-order valence-electron chi connectivity index (χ3n) is 2.48. The zero-order valence-electron chi connectivity index (χ0n) is 9.19. The average molecular weight is 215 g/mol. The van der Waals surface area contributed by atoms with Gasteiger partial charge in [0.25, 0.3) is 0 Å². The van der Waals surface area contributed by atoms with E-state index in [-0.39, 0.29) is 24.5 Å². The minimum atomic E-state index is -0.314. The monoisotopic (exact) mass is 215 g/mol. The van der Waals surface area contributed by atoms with E-state index < -0.39 is 0 Å². The predicted molar refractivity (Wildman–Crippen MR) is 53.2 cm³/mol. The van der Waals surface area contributed by atoms with Crippen LogP contribution in [-0.4, -0.2) is 49.7 Å². The molecule has 1 aliphatic rings. The van der Waals surface area contributed by atoms with Crippen LogP contribution < -0.4 is 0 Å². The molecule has 0 bridgehead atoms. The molecule has 0 aromatic carbocycles. The van der Waals surface area contributed by atoms with Crippen LogP contribution in [0.4, 0.5) is 0 Å². The second-order valence-corrected chi connectivity index (χ2v) is 3.46. The molecule has 0 unspecified atom stereocenters. The molecule has 0 N–H and O–H groups in total. The smallest absolute Gasteiger partial charge is 0.323 e. The van der Waals surface area contributed by atoms with Gasteiger partial charge >= 0.3 is 11.9 Å². The van der Waals surface area contributed by atoms with Gasteiger partial charge in [0.1, 0.15) is 6.04 Å². The van der Waals surface area contributed by atoms with E-state index >= 15 is 0 Å². The summed E-state index contributed by atoms with van der Waals surface area (Å²) in [4.78, 5) is 24.4. The van der Waals surface area contributed by atoms with Gasteiger partial charge in [-0.25, -0.2) is 0 Å². The zero-order valence-corrected chi connectivity index (χ0v) is 9.19. The summed E-state index contributed by atoms with van der Waals surface area (Å²) in [6.07, 6.45) is 1.68. The summed E-state index contributed by atoms with van der Waals surface area (Å²) in [5, 5.41) is 0. The highest BCUT2D eigenvalue weighted by atomic mass is 16.5. The van der Waals surface area contributed by atoms with Crippen molar-refractivity contribution in [1.29, 1.82) is 0 Å². The lowest BCUT2D eigenvalue weighted by molar-refractivity contribution is -0.150. The van der Waals surface area contributed by atoms with Gasteiger partial charge in [-0.2, -0.15) is 0 Å². The van der Waals surface area contributed by atoms with E-state index in [0.717, 1.165) is 19.4 Å². The summed E-state index contributed by atoms with van der Waals surface area (Å²) in [7, 11) is 1.35. The first-order valence-electron chi connectivity index (χ1n) is 5.16. The first-order valence-corrected chi connectivity index (χ1v) is 5.16. The van der Waals surface area contributed by atoms with Crippen molar-refractivity contribution in [2.45, 2.75) is 25.8 Å². The van der Waals surface area contributed by atoms with Crippen LogP contribution in [-0.2, 0) is 19.1 Å². The summed E-state index contributed by atoms with van der Waals surface area (Å²) in [5.74, 6) is -0.551. The van der Waals surface area contributed by atoms with E-state index in [1.807, 2.05) is 4.90 Å². The number of methoxy groups -OCH3 is 1. The molecule has 15 heavy (non-hydrogen) atoms. The minimum absolute atomic E-state index is 0.167. The van der Waals surface area contributed by atoms with Gasteiger partial charge in [-0.1, -0.05) is 0 Å². The van der Waals surface area contributed by atoms with Crippen LogP contribution in [0.3, 0.4) is 0 Å². The van der Waals surface area contributed by atoms with Crippen LogP contribution in [0.2, 0.25) is 0 Å². The molecule has 0 aromatic heterocycles. The van der Waals surface area contributed by atoms with Crippen molar-refractivity contribution >= 4 is 11.9 Å². The number of ether oxygens (including phenoxy) is 2. The molecule has 0 amide bonds. The average Bonchev–Trinajstić information content (AvgIpc) is 2.66. The van der Waals surface area contributed by atoms with Crippen LogP contribution >= 0.6 is 0 Å². The normalized spacial score (nSPS) is 21.3. The molecule has 0 spiro atoms. The van der Waals surface area contributed by atoms with Gasteiger partial charge in [0.2, 0.25) is 0 Å². The number of esters is 2. The highest BCUT2D eigenvalue weighted by Gasteiger charge is 2.32. The van der Waals surface area contributed by atoms with Gasteiger partial charge in [0.05, 0.1) is 20.3 Å². The largest absolute Gasteiger partial charge is 0.468 e. The second kappa shape index (κ2) is 5.70. The molecule has 0 aliphatic carbocycles. The molecule has 86 valence electrons. The molecule has 1 fully saturated rings. The summed E-state index contributed by atoms with van der Waals surface area (Å²) in [5.41, 5.74) is 0. The maximum Gasteiger partial charge on any atom is 0.323 e. The highest BCUT2D eigenvalue weighted by molar-refractivity contribution is 5.78. The zero-order chi connectivity index (χ0) is 11.3. The number of nitrogens with zero attached hydrogens (tertiary/aromatic N) is 1. The lowest BCUT2D eigenvalue weighted by Crippen LogP contribution is -2.40. The van der Waals surface area contributed by atoms with Crippen LogP contribution in [0.25, 0.3) is 0 Å². The minimum Gasteiger partial charge on any atom is -0.468 e. The van der Waals surface area contributed by atoms with Crippen LogP contribution in [0.1, 0.15) is 19.8 Å². The number of likely N-dealkylation sites (tertiary alicyclic amines) is 1. The van der Waals surface area contributed by atoms with Gasteiger partial charge in [-0.3, -0.25) is 14.5 Å². The van der Waals surface area contributed by atoms with Crippen molar-refractivity contribution in [2.24, 2.45) is 0 Å². The Morgan fingerprint density at radius 2 is 2.20 bits per heavy atom. The Labute approximate surface area is 89.3 Å². The molecule has 5 heteroatoms. The Morgan fingerprint density at radius 3 is 2.80 bits per heavy atom. The fourth-order valence-electron chi connectivity index (χ4n) is 1.75. The number of carbonyl (C=O) groups excluding carboxylic acids is 2. The van der Waals surface area contributed by atoms with Crippen molar-refractivity contribution in [3.63, 3.8) is 0 Å². The van der Waals surface area contributed by atoms with Gasteiger partial charge < -0.3 is 9.47 Å². The Balaban J connectivity index is 2.49. The SMILES string of the molecule is CCOC(=O)[C@@H]1CCCN1CC(=O)OC. The van der Waals surface area contributed by atoms with E-state index in [1.165, 1.54) is 7.11 Å². The van der Waals surface area contributed by atoms with Crippen molar-refractivity contribution in [3.05, 3.63) is 0 Å². The van der Waals surface area contributed by atoms with Crippen LogP contribution in [0, 0.1) is 0 Å². The number of hydrogen-bond donors (Lipinski definition) is 0. The molecular weight excluding hydrogens is 198 g/mol. The third kappa shape index (κ3) is 3.20. The van der Waals surface area contributed by atoms with Crippen LogP contribution in [0.5, 0.6) is 0 Å². The van der Waals surface area contributed by atoms with Gasteiger partial charge in [0, 0.05) is 0 Å². The fourth-order valence-corrected chi connectivity index (χ4v) is 1.75. The van der Waals surface area contributed by atoms with E-state index in [1.54, 1.807) is 6.92 Å². The van der Waals surface area contributed by atoms with Gasteiger partial charge in [-0.15, -0.1) is 0 Å². The van der Waals surface area contributed by atoms with Gasteiger partial charge in [0.15, 0.2) is 0 Å². The second-order valence-electron chi connectivity index (χ2n) is 3.46. The van der Waals surface area contributed by atoms with Gasteiger partial charge in [-0.05, 0) is 26.3 Å². The fraction of sp³-hybridized carbons (Fsp3) is 0.800. The van der Waals surface area contributed by atoms with Crippen molar-refractivity contribution in [3.8, 4) is 0 Å². The van der Waals surface area contributed by atoms with E-state index in [9.17, 15) is 9.59 Å². The number of carbonyl (C=O) groups is 2. The molecule has 1 rings (SSSR count). The van der Waals surface area contributed by atoms with Crippen LogP contribution in [0.15, 0.2) is 0 Å². The number of rotatable bonds is 4. The summed E-state index contributed by atoms with van der Waals surface area (Å²) >= 11 is 0. The summed E-state index contributed by atoms with van der Waals surface area (Å²) in [6.45, 7) is 3.07. The molecule has 0 saturated carbocycles. The first-order chi connectivity index (χ1) is 7.19. The predicted octanol–water partition coefficient (Wildman–Crippen LogP) is 0.187. The summed E-state index contributed by atoms with van der Waals surface area (Å²) < 4.78 is 9.51. The number of hydrogen-bond acceptors (Lipinski definition) is 5. The summed E-state index contributed by atoms with van der Waals surface area (Å²) in [6, 6.07) is -0.274. The molecule has 1 atom stereocenters. The Kier molecular flexibility index (Phi) is 4.55. The van der Waals surface area contributed by atoms with E-state index in [0.29, 0.717) is 6.61 Å². The molecule has 0 radical (unpaired) electrons. The van der Waals surface area contributed by atoms with E-state index in [2.05, 4.69) is 4.74 Å². The molecule has 1 aliphatic heterocycles. The first kappa shape index (κ1) is 12.0. The van der Waals surface area contributed by atoms with Crippen molar-refractivity contribution in [2.75, 3.05) is 26.8 Å². The standard InChI is InChI=1S/C10H17NO4/c1-3-15-10(13)8-5-4-6-11(8)7-9(12)14-2/h8H,3-7H2,1-2H3/t8-/m0/s1. The van der Waals surface area contributed by atoms with E-state index in [4.69, 9.17) is 4.74 Å². The molecule has 0 aromatic rings. The lowest BCUT2D eigenvalue weighted by atomic mass is 10.2. The molecule has 1 heterocycles. The highest BCUT2D eigenvalue weighted by Crippen LogP contribution is 2.18. The molecule has 5 nitrogen and oxygen atoms in total. The Hall–Kier alpha value is -1.10. The maximum atomic E-state index is 11.5. The van der Waals surface area contributed by atoms with Crippen molar-refractivity contribution < 1.29 is 19.1 Å². The molecule has 1 saturated heterocycles. The van der Waals surface area contributed by atoms with Crippen molar-refractivity contribution in [1.82, 2.24) is 4.90 Å². The topological polar surface area (TPSA) is 55.8 Å².